The molecule has 1 aromatic carbocycles. The van der Waals surface area contributed by atoms with Crippen LogP contribution in [-0.4, -0.2) is 36.5 Å². The van der Waals surface area contributed by atoms with Gasteiger partial charge in [-0.25, -0.2) is 0 Å². The second kappa shape index (κ2) is 13.1. The molecule has 0 fully saturated rings. The number of esters is 1. The van der Waals surface area contributed by atoms with E-state index in [1.165, 1.54) is 5.56 Å². The molecule has 0 radical (unpaired) electrons. The van der Waals surface area contributed by atoms with Crippen LogP contribution in [0.5, 0.6) is 0 Å². The van der Waals surface area contributed by atoms with Crippen LogP contribution < -0.4 is 0 Å². The van der Waals surface area contributed by atoms with Gasteiger partial charge >= 0.3 is 5.97 Å². The fourth-order valence-corrected chi connectivity index (χ4v) is 2.79. The molecule has 0 unspecified atom stereocenters. The topological polar surface area (TPSA) is 46.6 Å². The quantitative estimate of drug-likeness (QED) is 0.288. The lowest BCUT2D eigenvalue weighted by molar-refractivity contribution is -0.143. The molecule has 0 saturated heterocycles. The summed E-state index contributed by atoms with van der Waals surface area (Å²) in [4.78, 5) is 26.0. The van der Waals surface area contributed by atoms with E-state index < -0.39 is 0 Å². The van der Waals surface area contributed by atoms with Crippen LogP contribution in [0.3, 0.4) is 0 Å². The molecule has 27 heavy (non-hydrogen) atoms. The standard InChI is InChI=1S/C23H35NO3/c1-5-7-8-9-17-24(18-16-23(26)27-6-2)22(25)15-12-20-10-13-21(14-11-20)19(3)4/h10-15,19H,5-9,16-18H2,1-4H3/b15-12+. The number of rotatable bonds is 12. The van der Waals surface area contributed by atoms with E-state index in [1.807, 2.05) is 18.2 Å². The van der Waals surface area contributed by atoms with Crippen molar-refractivity contribution in [3.8, 4) is 0 Å². The van der Waals surface area contributed by atoms with Crippen molar-refractivity contribution in [2.75, 3.05) is 19.7 Å². The Bertz CT molecular complexity index is 590. The van der Waals surface area contributed by atoms with Crippen LogP contribution in [0.25, 0.3) is 6.08 Å². The van der Waals surface area contributed by atoms with Gasteiger partial charge in [-0.05, 0) is 36.5 Å². The zero-order valence-corrected chi connectivity index (χ0v) is 17.4. The molecule has 0 aliphatic heterocycles. The van der Waals surface area contributed by atoms with E-state index in [1.54, 1.807) is 17.9 Å². The van der Waals surface area contributed by atoms with E-state index in [0.29, 0.717) is 25.6 Å². The van der Waals surface area contributed by atoms with Crippen LogP contribution in [0.15, 0.2) is 30.3 Å². The molecule has 4 heteroatoms. The fourth-order valence-electron chi connectivity index (χ4n) is 2.79. The molecular weight excluding hydrogens is 338 g/mol. The van der Waals surface area contributed by atoms with Gasteiger partial charge in [-0.15, -0.1) is 0 Å². The molecule has 0 atom stereocenters. The van der Waals surface area contributed by atoms with Gasteiger partial charge in [0.1, 0.15) is 0 Å². The Hall–Kier alpha value is -2.10. The Morgan fingerprint density at radius 2 is 1.74 bits per heavy atom. The van der Waals surface area contributed by atoms with Crippen molar-refractivity contribution in [2.45, 2.75) is 65.7 Å². The average molecular weight is 374 g/mol. The number of amides is 1. The Labute approximate surface area is 164 Å². The minimum Gasteiger partial charge on any atom is -0.466 e. The Morgan fingerprint density at radius 1 is 1.04 bits per heavy atom. The number of carbonyl (C=O) groups excluding carboxylic acids is 2. The maximum atomic E-state index is 12.6. The zero-order valence-electron chi connectivity index (χ0n) is 17.4. The highest BCUT2D eigenvalue weighted by Gasteiger charge is 2.13. The Kier molecular flexibility index (Phi) is 11.2. The molecule has 0 spiro atoms. The SMILES string of the molecule is CCCCCCN(CCC(=O)OCC)C(=O)/C=C/c1ccc(C(C)C)cc1. The first kappa shape index (κ1) is 22.9. The van der Waals surface area contributed by atoms with Gasteiger partial charge < -0.3 is 9.64 Å². The van der Waals surface area contributed by atoms with Crippen molar-refractivity contribution in [1.82, 2.24) is 4.90 Å². The monoisotopic (exact) mass is 373 g/mol. The predicted octanol–water partition coefficient (Wildman–Crippen LogP) is 5.19. The highest BCUT2D eigenvalue weighted by atomic mass is 16.5. The van der Waals surface area contributed by atoms with E-state index in [9.17, 15) is 9.59 Å². The lowest BCUT2D eigenvalue weighted by Gasteiger charge is -2.21. The van der Waals surface area contributed by atoms with E-state index in [0.717, 1.165) is 31.2 Å². The molecule has 0 bridgehead atoms. The van der Waals surface area contributed by atoms with Crippen LogP contribution in [0.2, 0.25) is 0 Å². The van der Waals surface area contributed by atoms with Crippen molar-refractivity contribution in [2.24, 2.45) is 0 Å². The minimum absolute atomic E-state index is 0.0521. The van der Waals surface area contributed by atoms with E-state index in [2.05, 4.69) is 32.9 Å². The Balaban J connectivity index is 2.67. The normalized spacial score (nSPS) is 11.1. The van der Waals surface area contributed by atoms with Crippen molar-refractivity contribution in [3.63, 3.8) is 0 Å². The van der Waals surface area contributed by atoms with Gasteiger partial charge in [-0.2, -0.15) is 0 Å². The summed E-state index contributed by atoms with van der Waals surface area (Å²) in [7, 11) is 0. The van der Waals surface area contributed by atoms with Crippen LogP contribution in [0.4, 0.5) is 0 Å². The molecular formula is C23H35NO3. The zero-order chi connectivity index (χ0) is 20.1. The van der Waals surface area contributed by atoms with Crippen molar-refractivity contribution >= 4 is 18.0 Å². The molecule has 1 rings (SSSR count). The summed E-state index contributed by atoms with van der Waals surface area (Å²) in [6.07, 6.45) is 8.07. The smallest absolute Gasteiger partial charge is 0.307 e. The molecule has 0 N–H and O–H groups in total. The predicted molar refractivity (Wildman–Crippen MR) is 112 cm³/mol. The average Bonchev–Trinajstić information content (AvgIpc) is 2.66. The molecule has 4 nitrogen and oxygen atoms in total. The Morgan fingerprint density at radius 3 is 2.33 bits per heavy atom. The third-order valence-electron chi connectivity index (χ3n) is 4.51. The van der Waals surface area contributed by atoms with Crippen LogP contribution in [0.1, 0.15) is 76.8 Å². The summed E-state index contributed by atoms with van der Waals surface area (Å²) in [5, 5.41) is 0. The second-order valence-corrected chi connectivity index (χ2v) is 7.10. The number of ether oxygens (including phenoxy) is 1. The number of unbranched alkanes of at least 4 members (excludes halogenated alkanes) is 3. The van der Waals surface area contributed by atoms with Gasteiger partial charge in [0, 0.05) is 19.2 Å². The molecule has 150 valence electrons. The second-order valence-electron chi connectivity index (χ2n) is 7.10. The number of hydrogen-bond donors (Lipinski definition) is 0. The summed E-state index contributed by atoms with van der Waals surface area (Å²) in [5.74, 6) is 0.187. The molecule has 0 aliphatic rings. The molecule has 1 aromatic rings. The number of nitrogens with zero attached hydrogens (tertiary/aromatic N) is 1. The third kappa shape index (κ3) is 9.41. The lowest BCUT2D eigenvalue weighted by Crippen LogP contribution is -2.33. The van der Waals surface area contributed by atoms with Crippen molar-refractivity contribution in [1.29, 1.82) is 0 Å². The van der Waals surface area contributed by atoms with Gasteiger partial charge in [0.15, 0.2) is 0 Å². The number of carbonyl (C=O) groups is 2. The highest BCUT2D eigenvalue weighted by molar-refractivity contribution is 5.92. The minimum atomic E-state index is -0.253. The van der Waals surface area contributed by atoms with Crippen LogP contribution in [-0.2, 0) is 14.3 Å². The molecule has 0 aromatic heterocycles. The first-order valence-corrected chi connectivity index (χ1v) is 10.2. The molecule has 0 heterocycles. The third-order valence-corrected chi connectivity index (χ3v) is 4.51. The highest BCUT2D eigenvalue weighted by Crippen LogP contribution is 2.15. The summed E-state index contributed by atoms with van der Waals surface area (Å²) in [6, 6.07) is 8.25. The van der Waals surface area contributed by atoms with E-state index >= 15 is 0 Å². The van der Waals surface area contributed by atoms with Gasteiger partial charge in [-0.1, -0.05) is 64.3 Å². The van der Waals surface area contributed by atoms with Gasteiger partial charge in [0.25, 0.3) is 0 Å². The number of hydrogen-bond acceptors (Lipinski definition) is 3. The molecule has 0 saturated carbocycles. The largest absolute Gasteiger partial charge is 0.466 e. The summed E-state index contributed by atoms with van der Waals surface area (Å²) >= 11 is 0. The lowest BCUT2D eigenvalue weighted by atomic mass is 10.0. The molecule has 1 amide bonds. The van der Waals surface area contributed by atoms with Crippen molar-refractivity contribution in [3.05, 3.63) is 41.5 Å². The first-order chi connectivity index (χ1) is 13.0. The molecule has 0 aliphatic carbocycles. The maximum Gasteiger partial charge on any atom is 0.307 e. The van der Waals surface area contributed by atoms with Gasteiger partial charge in [0.05, 0.1) is 13.0 Å². The summed E-state index contributed by atoms with van der Waals surface area (Å²) in [6.45, 7) is 9.73. The summed E-state index contributed by atoms with van der Waals surface area (Å²) < 4.78 is 4.98. The number of benzene rings is 1. The van der Waals surface area contributed by atoms with Crippen LogP contribution in [0, 0.1) is 0 Å². The summed E-state index contributed by atoms with van der Waals surface area (Å²) in [5.41, 5.74) is 2.29. The van der Waals surface area contributed by atoms with Crippen molar-refractivity contribution < 1.29 is 14.3 Å². The fraction of sp³-hybridized carbons (Fsp3) is 0.565. The van der Waals surface area contributed by atoms with E-state index in [-0.39, 0.29) is 18.3 Å². The maximum absolute atomic E-state index is 12.6. The van der Waals surface area contributed by atoms with Gasteiger partial charge in [0.2, 0.25) is 5.91 Å². The van der Waals surface area contributed by atoms with Crippen LogP contribution >= 0.6 is 0 Å². The van der Waals surface area contributed by atoms with Gasteiger partial charge in [-0.3, -0.25) is 9.59 Å². The van der Waals surface area contributed by atoms with E-state index in [4.69, 9.17) is 4.74 Å². The first-order valence-electron chi connectivity index (χ1n) is 10.2.